The summed E-state index contributed by atoms with van der Waals surface area (Å²) in [6.07, 6.45) is 6.87. The maximum absolute atomic E-state index is 10.6. The van der Waals surface area contributed by atoms with Crippen LogP contribution in [0.3, 0.4) is 0 Å². The van der Waals surface area contributed by atoms with E-state index >= 15 is 0 Å². The maximum Gasteiger partial charge on any atom is 0.135 e. The fourth-order valence-electron chi connectivity index (χ4n) is 4.21. The summed E-state index contributed by atoms with van der Waals surface area (Å²) in [5, 5.41) is 0. The molecule has 2 aromatic rings. The van der Waals surface area contributed by atoms with E-state index in [2.05, 4.69) is 36.6 Å². The molecule has 3 N–H and O–H groups in total. The molecule has 4 nitrogen and oxygen atoms in total. The van der Waals surface area contributed by atoms with Crippen molar-refractivity contribution < 1.29 is 4.79 Å². The number of anilines is 1. The number of nitrogens with one attached hydrogen (secondary N) is 1. The Balaban J connectivity index is 0.000000130. The Kier molecular flexibility index (Phi) is 6.63. The van der Waals surface area contributed by atoms with Gasteiger partial charge in [-0.25, -0.2) is 0 Å². The molecule has 0 radical (unpaired) electrons. The molecular formula is C24H31N3O. The number of rotatable bonds is 1. The van der Waals surface area contributed by atoms with Crippen molar-refractivity contribution >= 4 is 22.9 Å². The van der Waals surface area contributed by atoms with Crippen molar-refractivity contribution in [2.75, 3.05) is 5.43 Å². The van der Waals surface area contributed by atoms with Gasteiger partial charge in [0.2, 0.25) is 0 Å². The lowest BCUT2D eigenvalue weighted by Crippen LogP contribution is -2.22. The van der Waals surface area contributed by atoms with E-state index in [0.717, 1.165) is 24.9 Å². The average molecular weight is 378 g/mol. The first-order valence-corrected chi connectivity index (χ1v) is 10.3. The summed E-state index contributed by atoms with van der Waals surface area (Å²) in [6, 6.07) is 18.2. The van der Waals surface area contributed by atoms with E-state index in [9.17, 15) is 4.79 Å². The molecule has 0 saturated heterocycles. The molecule has 2 unspecified atom stereocenters. The second kappa shape index (κ2) is 9.16. The Morgan fingerprint density at radius 2 is 1.75 bits per heavy atom. The fourth-order valence-corrected chi connectivity index (χ4v) is 4.21. The number of benzene rings is 2. The quantitative estimate of drug-likeness (QED) is 0.505. The van der Waals surface area contributed by atoms with Crippen molar-refractivity contribution in [2.45, 2.75) is 57.8 Å². The molecule has 0 spiro atoms. The molecule has 3 aliphatic rings. The number of nitrogen functional groups attached to an aromatic ring is 1. The van der Waals surface area contributed by atoms with Gasteiger partial charge in [-0.2, -0.15) is 0 Å². The summed E-state index contributed by atoms with van der Waals surface area (Å²) < 4.78 is 0. The van der Waals surface area contributed by atoms with Crippen LogP contribution in [0, 0.1) is 5.92 Å². The molecule has 1 aliphatic heterocycles. The van der Waals surface area contributed by atoms with Crippen molar-refractivity contribution in [2.24, 2.45) is 16.8 Å². The van der Waals surface area contributed by atoms with Crippen LogP contribution in [-0.4, -0.2) is 11.5 Å². The molecular weight excluding hydrogens is 346 g/mol. The SMILES string of the molecule is CC12CCCC1=Nc1ccccc12.CC1CCCC1=O.NNc1ccccc1. The van der Waals surface area contributed by atoms with Crippen molar-refractivity contribution in [3.63, 3.8) is 0 Å². The zero-order chi connectivity index (χ0) is 20.0. The number of hydrazine groups is 1. The summed E-state index contributed by atoms with van der Waals surface area (Å²) >= 11 is 0. The number of nitrogens with two attached hydrogens (primary N) is 1. The number of ketones is 1. The normalized spacial score (nSPS) is 24.2. The Hall–Kier alpha value is -2.46. The number of carbonyl (C=O) groups is 1. The number of Topliss-reactive ketones (excluding diaryl/α,β-unsaturated/α-hetero) is 1. The first-order valence-electron chi connectivity index (χ1n) is 10.3. The molecule has 2 aliphatic carbocycles. The van der Waals surface area contributed by atoms with Crippen molar-refractivity contribution in [3.05, 3.63) is 60.2 Å². The Morgan fingerprint density at radius 3 is 2.32 bits per heavy atom. The largest absolute Gasteiger partial charge is 0.324 e. The number of para-hydroxylation sites is 2. The average Bonchev–Trinajstić information content (AvgIpc) is 3.36. The van der Waals surface area contributed by atoms with Gasteiger partial charge < -0.3 is 5.43 Å². The van der Waals surface area contributed by atoms with Crippen molar-refractivity contribution in [3.8, 4) is 0 Å². The summed E-state index contributed by atoms with van der Waals surface area (Å²) in [4.78, 5) is 15.3. The number of hydrogen-bond donors (Lipinski definition) is 2. The van der Waals surface area contributed by atoms with Crippen LogP contribution in [0.4, 0.5) is 11.4 Å². The molecule has 2 fully saturated rings. The number of hydrogen-bond acceptors (Lipinski definition) is 4. The van der Waals surface area contributed by atoms with Crippen LogP contribution in [0.1, 0.15) is 57.9 Å². The zero-order valence-electron chi connectivity index (χ0n) is 16.9. The van der Waals surface area contributed by atoms with E-state index in [1.165, 1.54) is 36.2 Å². The van der Waals surface area contributed by atoms with E-state index in [0.29, 0.717) is 11.7 Å². The Labute approximate surface area is 168 Å². The second-order valence-electron chi connectivity index (χ2n) is 8.03. The van der Waals surface area contributed by atoms with Gasteiger partial charge in [0.25, 0.3) is 0 Å². The smallest absolute Gasteiger partial charge is 0.135 e. The van der Waals surface area contributed by atoms with Crippen LogP contribution in [0.5, 0.6) is 0 Å². The van der Waals surface area contributed by atoms with Crippen LogP contribution >= 0.6 is 0 Å². The minimum Gasteiger partial charge on any atom is -0.324 e. The lowest BCUT2D eigenvalue weighted by atomic mass is 9.81. The first kappa shape index (κ1) is 20.3. The van der Waals surface area contributed by atoms with Gasteiger partial charge in [-0.15, -0.1) is 0 Å². The van der Waals surface area contributed by atoms with Crippen molar-refractivity contribution in [1.29, 1.82) is 0 Å². The summed E-state index contributed by atoms with van der Waals surface area (Å²) in [7, 11) is 0. The molecule has 2 atom stereocenters. The van der Waals surface area contributed by atoms with Crippen molar-refractivity contribution in [1.82, 2.24) is 0 Å². The summed E-state index contributed by atoms with van der Waals surface area (Å²) in [6.45, 7) is 4.35. The topological polar surface area (TPSA) is 67.5 Å². The van der Waals surface area contributed by atoms with Gasteiger partial charge in [-0.1, -0.05) is 50.2 Å². The highest BCUT2D eigenvalue weighted by Crippen LogP contribution is 2.47. The molecule has 2 saturated carbocycles. The van der Waals surface area contributed by atoms with E-state index in [1.807, 2.05) is 37.3 Å². The third-order valence-electron chi connectivity index (χ3n) is 6.03. The van der Waals surface area contributed by atoms with E-state index < -0.39 is 0 Å². The molecule has 5 rings (SSSR count). The van der Waals surface area contributed by atoms with Gasteiger partial charge in [-0.05, 0) is 55.9 Å². The second-order valence-corrected chi connectivity index (χ2v) is 8.03. The van der Waals surface area contributed by atoms with Gasteiger partial charge in [0.05, 0.1) is 5.69 Å². The lowest BCUT2D eigenvalue weighted by Gasteiger charge is -2.20. The summed E-state index contributed by atoms with van der Waals surface area (Å²) in [5.74, 6) is 5.93. The minimum absolute atomic E-state index is 0.288. The number of aliphatic imine (C=N–C) groups is 1. The highest BCUT2D eigenvalue weighted by atomic mass is 16.1. The van der Waals surface area contributed by atoms with Gasteiger partial charge in [0, 0.05) is 29.2 Å². The number of carbonyl (C=O) groups excluding carboxylic acids is 1. The third kappa shape index (κ3) is 4.50. The molecule has 4 heteroatoms. The molecule has 2 aromatic carbocycles. The van der Waals surface area contributed by atoms with E-state index in [-0.39, 0.29) is 5.41 Å². The van der Waals surface area contributed by atoms with Crippen LogP contribution in [0.2, 0.25) is 0 Å². The van der Waals surface area contributed by atoms with Crippen LogP contribution < -0.4 is 11.3 Å². The van der Waals surface area contributed by atoms with Gasteiger partial charge in [-0.3, -0.25) is 15.6 Å². The maximum atomic E-state index is 10.6. The van der Waals surface area contributed by atoms with Crippen LogP contribution in [0.15, 0.2) is 59.6 Å². The predicted octanol–water partition coefficient (Wildman–Crippen LogP) is 5.56. The van der Waals surface area contributed by atoms with Gasteiger partial charge in [0.1, 0.15) is 5.78 Å². The van der Waals surface area contributed by atoms with E-state index in [4.69, 9.17) is 10.8 Å². The van der Waals surface area contributed by atoms with Gasteiger partial charge >= 0.3 is 0 Å². The highest BCUT2D eigenvalue weighted by Gasteiger charge is 2.41. The van der Waals surface area contributed by atoms with Crippen LogP contribution in [-0.2, 0) is 10.2 Å². The monoisotopic (exact) mass is 377 g/mol. The fraction of sp³-hybridized carbons (Fsp3) is 0.417. The first-order chi connectivity index (χ1) is 13.5. The lowest BCUT2D eigenvalue weighted by molar-refractivity contribution is -0.120. The summed E-state index contributed by atoms with van der Waals surface area (Å²) in [5.41, 5.74) is 7.82. The molecule has 148 valence electrons. The van der Waals surface area contributed by atoms with Crippen LogP contribution in [0.25, 0.3) is 0 Å². The number of nitrogens with zero attached hydrogens (tertiary/aromatic N) is 1. The molecule has 0 bridgehead atoms. The number of fused-ring (bicyclic) bond motifs is 3. The highest BCUT2D eigenvalue weighted by molar-refractivity contribution is 6.02. The Bertz CT molecular complexity index is 831. The molecule has 1 heterocycles. The molecule has 0 aromatic heterocycles. The zero-order valence-corrected chi connectivity index (χ0v) is 16.9. The predicted molar refractivity (Wildman–Crippen MR) is 117 cm³/mol. The third-order valence-corrected chi connectivity index (χ3v) is 6.03. The standard InChI is InChI=1S/C12H13N.C6H8N2.C6H10O/c1-12-8-4-7-11(12)13-10-6-3-2-5-9(10)12;7-8-6-4-2-1-3-5-6;1-5-3-2-4-6(5)7/h2-3,5-6H,4,7-8H2,1H3;1-5,8H,7H2;5H,2-4H2,1H3. The van der Waals surface area contributed by atoms with E-state index in [1.54, 1.807) is 0 Å². The molecule has 28 heavy (non-hydrogen) atoms. The van der Waals surface area contributed by atoms with Gasteiger partial charge in [0.15, 0.2) is 0 Å². The Morgan fingerprint density at radius 1 is 1.04 bits per heavy atom. The minimum atomic E-state index is 0.288. The molecule has 0 amide bonds.